The number of aliphatic hydroxyl groups excluding tert-OH is 3. The summed E-state index contributed by atoms with van der Waals surface area (Å²) in [4.78, 5) is 11.7. The van der Waals surface area contributed by atoms with Crippen molar-refractivity contribution in [3.05, 3.63) is 11.6 Å². The molecule has 0 aromatic carbocycles. The Bertz CT molecular complexity index is 801. The second-order valence-corrected chi connectivity index (χ2v) is 14.0. The molecule has 3 N–H and O–H groups in total. The predicted octanol–water partition coefficient (Wildman–Crippen LogP) is 7.86. The van der Waals surface area contributed by atoms with Crippen molar-refractivity contribution in [2.75, 3.05) is 0 Å². The fourth-order valence-corrected chi connectivity index (χ4v) is 7.25. The molecule has 0 aromatic heterocycles. The van der Waals surface area contributed by atoms with Crippen LogP contribution >= 0.6 is 0 Å². The fraction of sp³-hybridized carbons (Fsp3) is 0.919. The topological polar surface area (TPSA) is 105 Å². The molecule has 3 rings (SSSR count). The zero-order chi connectivity index (χ0) is 31.6. The van der Waals surface area contributed by atoms with Crippen LogP contribution in [0.3, 0.4) is 0 Å². The molecular formula is C37H66O7. The van der Waals surface area contributed by atoms with Crippen molar-refractivity contribution in [2.45, 2.75) is 217 Å². The molecule has 256 valence electrons. The molecule has 3 heterocycles. The Hall–Kier alpha value is -0.990. The summed E-state index contributed by atoms with van der Waals surface area (Å²) in [5, 5.41) is 31.9. The molecule has 7 heteroatoms. The van der Waals surface area contributed by atoms with E-state index in [9.17, 15) is 20.1 Å². The lowest BCUT2D eigenvalue weighted by Gasteiger charge is -2.24. The molecule has 3 aliphatic rings. The third-order valence-electron chi connectivity index (χ3n) is 10.1. The van der Waals surface area contributed by atoms with Gasteiger partial charge in [-0.3, -0.25) is 0 Å². The molecule has 8 atom stereocenters. The first kappa shape index (κ1) is 37.5. The minimum Gasteiger partial charge on any atom is -0.455 e. The average Bonchev–Trinajstić information content (AvgIpc) is 3.76. The van der Waals surface area contributed by atoms with Crippen molar-refractivity contribution in [3.8, 4) is 0 Å². The predicted molar refractivity (Wildman–Crippen MR) is 175 cm³/mol. The van der Waals surface area contributed by atoms with E-state index in [1.54, 1.807) is 0 Å². The van der Waals surface area contributed by atoms with Gasteiger partial charge in [-0.05, 0) is 77.2 Å². The van der Waals surface area contributed by atoms with E-state index >= 15 is 0 Å². The van der Waals surface area contributed by atoms with Crippen LogP contribution in [0.4, 0.5) is 0 Å². The summed E-state index contributed by atoms with van der Waals surface area (Å²) in [5.74, 6) is -0.160. The lowest BCUT2D eigenvalue weighted by Crippen LogP contribution is -2.33. The number of carbonyl (C=O) groups is 1. The minimum atomic E-state index is -0.562. The number of ether oxygens (including phenoxy) is 3. The summed E-state index contributed by atoms with van der Waals surface area (Å²) in [5.41, 5.74) is 0.817. The first-order valence-electron chi connectivity index (χ1n) is 18.6. The SMILES string of the molecule is CCCCCCCCCCCCC(O)C1CCC(C2CCC(C(O)CCC(O)CCCCCCCC3=CC(C)OC3=O)O2)O1. The maximum atomic E-state index is 11.7. The number of esters is 1. The van der Waals surface area contributed by atoms with Crippen LogP contribution in [0, 0.1) is 0 Å². The number of hydrogen-bond acceptors (Lipinski definition) is 7. The van der Waals surface area contributed by atoms with Crippen LogP contribution in [0.15, 0.2) is 11.6 Å². The molecule has 7 nitrogen and oxygen atoms in total. The lowest BCUT2D eigenvalue weighted by molar-refractivity contribution is -0.139. The third kappa shape index (κ3) is 14.2. The smallest absolute Gasteiger partial charge is 0.334 e. The van der Waals surface area contributed by atoms with Gasteiger partial charge in [-0.2, -0.15) is 0 Å². The van der Waals surface area contributed by atoms with Crippen LogP contribution in [0.2, 0.25) is 0 Å². The van der Waals surface area contributed by atoms with Gasteiger partial charge in [0.2, 0.25) is 0 Å². The van der Waals surface area contributed by atoms with E-state index in [0.29, 0.717) is 12.8 Å². The quantitative estimate of drug-likeness (QED) is 0.0703. The van der Waals surface area contributed by atoms with Crippen molar-refractivity contribution in [1.29, 1.82) is 0 Å². The molecule has 3 aliphatic heterocycles. The van der Waals surface area contributed by atoms with Crippen molar-refractivity contribution < 1.29 is 34.3 Å². The first-order chi connectivity index (χ1) is 21.4. The van der Waals surface area contributed by atoms with Crippen LogP contribution < -0.4 is 0 Å². The Morgan fingerprint density at radius 2 is 1.16 bits per heavy atom. The first-order valence-corrected chi connectivity index (χ1v) is 18.6. The van der Waals surface area contributed by atoms with Crippen molar-refractivity contribution in [3.63, 3.8) is 0 Å². The van der Waals surface area contributed by atoms with E-state index in [2.05, 4.69) is 6.92 Å². The van der Waals surface area contributed by atoms with Crippen LogP contribution in [0.1, 0.15) is 168 Å². The summed E-state index contributed by atoms with van der Waals surface area (Å²) in [6, 6.07) is 0. The van der Waals surface area contributed by atoms with E-state index in [1.165, 1.54) is 57.8 Å². The monoisotopic (exact) mass is 622 g/mol. The van der Waals surface area contributed by atoms with E-state index in [-0.39, 0.29) is 36.5 Å². The fourth-order valence-electron chi connectivity index (χ4n) is 7.25. The van der Waals surface area contributed by atoms with Crippen molar-refractivity contribution >= 4 is 5.97 Å². The molecule has 2 fully saturated rings. The molecular weight excluding hydrogens is 556 g/mol. The Balaban J connectivity index is 1.16. The van der Waals surface area contributed by atoms with Gasteiger partial charge in [0.25, 0.3) is 0 Å². The Labute approximate surface area is 268 Å². The van der Waals surface area contributed by atoms with Crippen LogP contribution in [0.25, 0.3) is 0 Å². The average molecular weight is 623 g/mol. The zero-order valence-electron chi connectivity index (χ0n) is 28.1. The van der Waals surface area contributed by atoms with Gasteiger partial charge < -0.3 is 29.5 Å². The van der Waals surface area contributed by atoms with Crippen molar-refractivity contribution in [1.82, 2.24) is 0 Å². The molecule has 0 amide bonds. The highest BCUT2D eigenvalue weighted by Gasteiger charge is 2.40. The van der Waals surface area contributed by atoms with Gasteiger partial charge in [0.15, 0.2) is 0 Å². The maximum Gasteiger partial charge on any atom is 0.334 e. The number of unbranched alkanes of at least 4 members (excludes halogenated alkanes) is 13. The summed E-state index contributed by atoms with van der Waals surface area (Å²) in [7, 11) is 0. The number of hydrogen-bond donors (Lipinski definition) is 3. The van der Waals surface area contributed by atoms with E-state index in [0.717, 1.165) is 89.0 Å². The third-order valence-corrected chi connectivity index (χ3v) is 10.1. The van der Waals surface area contributed by atoms with Gasteiger partial charge in [-0.1, -0.05) is 96.8 Å². The summed E-state index contributed by atoms with van der Waals surface area (Å²) in [6.45, 7) is 4.15. The van der Waals surface area contributed by atoms with Crippen LogP contribution in [0.5, 0.6) is 0 Å². The normalized spacial score (nSPS) is 27.4. The largest absolute Gasteiger partial charge is 0.455 e. The Morgan fingerprint density at radius 3 is 1.70 bits per heavy atom. The van der Waals surface area contributed by atoms with Crippen LogP contribution in [-0.2, 0) is 19.0 Å². The van der Waals surface area contributed by atoms with Gasteiger partial charge in [-0.15, -0.1) is 0 Å². The maximum absolute atomic E-state index is 11.7. The number of aliphatic hydroxyl groups is 3. The molecule has 0 aromatic rings. The Kier molecular flexibility index (Phi) is 18.5. The van der Waals surface area contributed by atoms with E-state index in [4.69, 9.17) is 14.2 Å². The Morgan fingerprint density at radius 1 is 0.659 bits per heavy atom. The number of cyclic esters (lactones) is 1. The second kappa shape index (κ2) is 21.7. The lowest BCUT2D eigenvalue weighted by atomic mass is 9.99. The standard InChI is InChI=1S/C37H66O7/c1-3-4-5-6-7-8-9-10-14-17-20-31(39)33-23-25-35(43-33)36-26-24-34(44-36)32(40)22-21-30(38)19-16-13-11-12-15-18-29-27-28(2)42-37(29)41/h27-28,30-36,38-40H,3-26H2,1-2H3. The van der Waals surface area contributed by atoms with E-state index in [1.807, 2.05) is 13.0 Å². The molecule has 0 spiro atoms. The highest BCUT2D eigenvalue weighted by molar-refractivity contribution is 5.90. The van der Waals surface area contributed by atoms with Gasteiger partial charge >= 0.3 is 5.97 Å². The number of carbonyl (C=O) groups excluding carboxylic acids is 1. The van der Waals surface area contributed by atoms with Crippen molar-refractivity contribution in [2.24, 2.45) is 0 Å². The molecule has 0 saturated carbocycles. The van der Waals surface area contributed by atoms with E-state index < -0.39 is 18.3 Å². The molecule has 0 radical (unpaired) electrons. The number of rotatable bonds is 25. The molecule has 2 saturated heterocycles. The highest BCUT2D eigenvalue weighted by atomic mass is 16.6. The van der Waals surface area contributed by atoms with Gasteiger partial charge in [0.1, 0.15) is 6.10 Å². The zero-order valence-corrected chi connectivity index (χ0v) is 28.1. The van der Waals surface area contributed by atoms with Gasteiger partial charge in [0.05, 0.1) is 42.7 Å². The summed E-state index contributed by atoms with van der Waals surface area (Å²) in [6.07, 6.45) is 25.5. The molecule has 0 aliphatic carbocycles. The second-order valence-electron chi connectivity index (χ2n) is 14.0. The van der Waals surface area contributed by atoms with Crippen LogP contribution in [-0.4, -0.2) is 70.1 Å². The van der Waals surface area contributed by atoms with Gasteiger partial charge in [0, 0.05) is 5.57 Å². The summed E-state index contributed by atoms with van der Waals surface area (Å²) >= 11 is 0. The minimum absolute atomic E-state index is 0.00638. The molecule has 0 bridgehead atoms. The van der Waals surface area contributed by atoms with Gasteiger partial charge in [-0.25, -0.2) is 4.79 Å². The summed E-state index contributed by atoms with van der Waals surface area (Å²) < 4.78 is 17.7. The molecule has 44 heavy (non-hydrogen) atoms. The highest BCUT2D eigenvalue weighted by Crippen LogP contribution is 2.34. The molecule has 8 unspecified atom stereocenters.